The van der Waals surface area contributed by atoms with E-state index in [1.807, 2.05) is 20.8 Å². The highest BCUT2D eigenvalue weighted by Crippen LogP contribution is 2.23. The van der Waals surface area contributed by atoms with Gasteiger partial charge in [-0.25, -0.2) is 0 Å². The van der Waals surface area contributed by atoms with Crippen LogP contribution < -0.4 is 10.6 Å². The van der Waals surface area contributed by atoms with Crippen LogP contribution in [0.3, 0.4) is 0 Å². The van der Waals surface area contributed by atoms with E-state index in [1.54, 1.807) is 0 Å². The molecule has 2 N–H and O–H groups in total. The normalized spacial score (nSPS) is 25.9. The van der Waals surface area contributed by atoms with Gasteiger partial charge in [-0.1, -0.05) is 13.8 Å². The number of rotatable bonds is 7. The van der Waals surface area contributed by atoms with E-state index < -0.39 is 0 Å². The fourth-order valence-corrected chi connectivity index (χ4v) is 1.85. The molecular formula is C12H24N2O2. The third-order valence-electron chi connectivity index (χ3n) is 2.99. The van der Waals surface area contributed by atoms with Crippen LogP contribution in [0.4, 0.5) is 0 Å². The molecule has 16 heavy (non-hydrogen) atoms. The van der Waals surface area contributed by atoms with E-state index >= 15 is 0 Å². The Morgan fingerprint density at radius 3 is 2.69 bits per heavy atom. The first-order valence-electron chi connectivity index (χ1n) is 6.30. The van der Waals surface area contributed by atoms with Crippen LogP contribution in [0.15, 0.2) is 0 Å². The molecule has 1 amide bonds. The Balaban J connectivity index is 2.11. The number of carbonyl (C=O) groups is 1. The fraction of sp³-hybridized carbons (Fsp3) is 0.917. The molecule has 1 unspecified atom stereocenters. The molecule has 4 heteroatoms. The monoisotopic (exact) mass is 228 g/mol. The molecule has 0 bridgehead atoms. The van der Waals surface area contributed by atoms with Gasteiger partial charge in [-0.15, -0.1) is 0 Å². The molecular weight excluding hydrogens is 204 g/mol. The molecule has 1 saturated carbocycles. The summed E-state index contributed by atoms with van der Waals surface area (Å²) < 4.78 is 5.45. The predicted octanol–water partition coefficient (Wildman–Crippen LogP) is 0.916. The second-order valence-electron chi connectivity index (χ2n) is 4.46. The Labute approximate surface area is 98.1 Å². The summed E-state index contributed by atoms with van der Waals surface area (Å²) in [5.41, 5.74) is 0. The summed E-state index contributed by atoms with van der Waals surface area (Å²) in [5.74, 6) is 0.201. The number of nitrogens with one attached hydrogen (secondary N) is 2. The molecule has 0 aliphatic heterocycles. The minimum absolute atomic E-state index is 0.0473. The van der Waals surface area contributed by atoms with E-state index in [0.29, 0.717) is 12.1 Å². The third kappa shape index (κ3) is 4.10. The van der Waals surface area contributed by atoms with Crippen molar-refractivity contribution in [2.75, 3.05) is 19.7 Å². The molecule has 1 atom stereocenters. The number of hydrogen-bond donors (Lipinski definition) is 2. The van der Waals surface area contributed by atoms with E-state index in [2.05, 4.69) is 10.6 Å². The maximum absolute atomic E-state index is 11.7. The van der Waals surface area contributed by atoms with Gasteiger partial charge in [0.2, 0.25) is 5.91 Å². The molecule has 94 valence electrons. The van der Waals surface area contributed by atoms with Gasteiger partial charge in [-0.2, -0.15) is 0 Å². The Kier molecular flexibility index (Phi) is 5.77. The zero-order valence-corrected chi connectivity index (χ0v) is 10.6. The van der Waals surface area contributed by atoms with Gasteiger partial charge in [-0.3, -0.25) is 4.79 Å². The van der Waals surface area contributed by atoms with E-state index in [-0.39, 0.29) is 11.8 Å². The van der Waals surface area contributed by atoms with E-state index in [9.17, 15) is 4.79 Å². The van der Waals surface area contributed by atoms with Crippen LogP contribution in [0.5, 0.6) is 0 Å². The van der Waals surface area contributed by atoms with Crippen LogP contribution in [0.2, 0.25) is 0 Å². The number of hydrogen-bond acceptors (Lipinski definition) is 3. The first kappa shape index (κ1) is 13.5. The van der Waals surface area contributed by atoms with Crippen LogP contribution in [-0.4, -0.2) is 37.7 Å². The summed E-state index contributed by atoms with van der Waals surface area (Å²) in [6, 6.07) is 0.327. The van der Waals surface area contributed by atoms with Crippen LogP contribution in [0.25, 0.3) is 0 Å². The lowest BCUT2D eigenvalue weighted by Gasteiger charge is -2.35. The van der Waals surface area contributed by atoms with Gasteiger partial charge in [0.15, 0.2) is 0 Å². The van der Waals surface area contributed by atoms with Crippen molar-refractivity contribution in [3.8, 4) is 0 Å². The zero-order valence-electron chi connectivity index (χ0n) is 10.6. The molecule has 1 fully saturated rings. The second kappa shape index (κ2) is 6.86. The lowest BCUT2D eigenvalue weighted by molar-refractivity contribution is -0.127. The van der Waals surface area contributed by atoms with Crippen molar-refractivity contribution in [3.63, 3.8) is 0 Å². The van der Waals surface area contributed by atoms with Crippen molar-refractivity contribution in [2.45, 2.75) is 45.8 Å². The Morgan fingerprint density at radius 1 is 1.44 bits per heavy atom. The van der Waals surface area contributed by atoms with Crippen molar-refractivity contribution >= 4 is 5.91 Å². The summed E-state index contributed by atoms with van der Waals surface area (Å²) in [7, 11) is 0. The van der Waals surface area contributed by atoms with Gasteiger partial charge in [0.05, 0.1) is 6.10 Å². The maximum atomic E-state index is 11.7. The number of amides is 1. The number of ether oxygens (including phenoxy) is 1. The summed E-state index contributed by atoms with van der Waals surface area (Å²) in [5, 5.41) is 6.24. The molecule has 1 rings (SSSR count). The first-order chi connectivity index (χ1) is 7.67. The van der Waals surface area contributed by atoms with Gasteiger partial charge < -0.3 is 15.4 Å². The molecule has 0 spiro atoms. The number of carbonyl (C=O) groups excluding carboxylic acids is 1. The van der Waals surface area contributed by atoms with Gasteiger partial charge in [-0.05, 0) is 26.3 Å². The smallest absolute Gasteiger partial charge is 0.224 e. The maximum Gasteiger partial charge on any atom is 0.224 e. The average Bonchev–Trinajstić information content (AvgIpc) is 2.22. The van der Waals surface area contributed by atoms with Crippen molar-refractivity contribution in [1.82, 2.24) is 10.6 Å². The van der Waals surface area contributed by atoms with Gasteiger partial charge >= 0.3 is 0 Å². The minimum Gasteiger partial charge on any atom is -0.378 e. The SMILES string of the molecule is CCNCC(C)C(=O)NC1CC(OCC)C1. The van der Waals surface area contributed by atoms with Crippen LogP contribution in [-0.2, 0) is 9.53 Å². The highest BCUT2D eigenvalue weighted by atomic mass is 16.5. The third-order valence-corrected chi connectivity index (χ3v) is 2.99. The fourth-order valence-electron chi connectivity index (χ4n) is 1.85. The average molecular weight is 228 g/mol. The summed E-state index contributed by atoms with van der Waals surface area (Å²) >= 11 is 0. The van der Waals surface area contributed by atoms with Crippen molar-refractivity contribution in [2.24, 2.45) is 5.92 Å². The van der Waals surface area contributed by atoms with E-state index in [0.717, 1.165) is 32.5 Å². The molecule has 0 radical (unpaired) electrons. The molecule has 1 aliphatic rings. The molecule has 0 aromatic heterocycles. The van der Waals surface area contributed by atoms with Crippen LogP contribution >= 0.6 is 0 Å². The summed E-state index contributed by atoms with van der Waals surface area (Å²) in [4.78, 5) is 11.7. The molecule has 0 heterocycles. The van der Waals surface area contributed by atoms with Crippen LogP contribution in [0.1, 0.15) is 33.6 Å². The highest BCUT2D eigenvalue weighted by Gasteiger charge is 2.31. The van der Waals surface area contributed by atoms with E-state index in [1.165, 1.54) is 0 Å². The lowest BCUT2D eigenvalue weighted by Crippen LogP contribution is -2.50. The summed E-state index contributed by atoms with van der Waals surface area (Å²) in [6.07, 6.45) is 2.29. The second-order valence-corrected chi connectivity index (χ2v) is 4.46. The zero-order chi connectivity index (χ0) is 12.0. The minimum atomic E-state index is 0.0473. The molecule has 0 saturated heterocycles. The molecule has 0 aromatic rings. The lowest BCUT2D eigenvalue weighted by atomic mass is 9.89. The Morgan fingerprint density at radius 2 is 2.12 bits per heavy atom. The van der Waals surface area contributed by atoms with Gasteiger partial charge in [0.1, 0.15) is 0 Å². The van der Waals surface area contributed by atoms with Gasteiger partial charge in [0.25, 0.3) is 0 Å². The largest absolute Gasteiger partial charge is 0.378 e. The molecule has 0 aromatic carbocycles. The van der Waals surface area contributed by atoms with Crippen molar-refractivity contribution in [1.29, 1.82) is 0 Å². The van der Waals surface area contributed by atoms with Gasteiger partial charge in [0, 0.05) is 25.1 Å². The highest BCUT2D eigenvalue weighted by molar-refractivity contribution is 5.78. The molecule has 1 aliphatic carbocycles. The Hall–Kier alpha value is -0.610. The quantitative estimate of drug-likeness (QED) is 0.681. The van der Waals surface area contributed by atoms with E-state index in [4.69, 9.17) is 4.74 Å². The van der Waals surface area contributed by atoms with Crippen molar-refractivity contribution in [3.05, 3.63) is 0 Å². The first-order valence-corrected chi connectivity index (χ1v) is 6.30. The van der Waals surface area contributed by atoms with Crippen LogP contribution in [0, 0.1) is 5.92 Å². The van der Waals surface area contributed by atoms with Crippen molar-refractivity contribution < 1.29 is 9.53 Å². The topological polar surface area (TPSA) is 50.4 Å². The predicted molar refractivity (Wildman–Crippen MR) is 64.3 cm³/mol. The molecule has 4 nitrogen and oxygen atoms in total. The standard InChI is InChI=1S/C12H24N2O2/c1-4-13-8-9(3)12(15)14-10-6-11(7-10)16-5-2/h9-11,13H,4-8H2,1-3H3,(H,14,15). The Bertz CT molecular complexity index is 215. The summed E-state index contributed by atoms with van der Waals surface area (Å²) in [6.45, 7) is 8.43.